The van der Waals surface area contributed by atoms with Gasteiger partial charge < -0.3 is 15.0 Å². The van der Waals surface area contributed by atoms with Crippen molar-refractivity contribution in [1.82, 2.24) is 9.80 Å². The largest absolute Gasteiger partial charge is 0.483 e. The molecule has 0 aliphatic carbocycles. The number of amides is 2. The van der Waals surface area contributed by atoms with Crippen molar-refractivity contribution in [3.8, 4) is 5.75 Å². The van der Waals surface area contributed by atoms with Crippen LogP contribution in [0.4, 0.5) is 18.9 Å². The third-order valence-electron chi connectivity index (χ3n) is 6.01. The molecule has 1 N–H and O–H groups in total. The monoisotopic (exact) mass is 477 g/mol. The SMILES string of the molecule is CCC(C)c1ccccc1OCC(=O)N1CCN(CC(=O)Nc2ccccc2C(F)(F)F)CC1. The highest BCUT2D eigenvalue weighted by Crippen LogP contribution is 2.34. The van der Waals surface area contributed by atoms with Crippen LogP contribution in [0.25, 0.3) is 0 Å². The number of carbonyl (C=O) groups is 2. The van der Waals surface area contributed by atoms with Crippen LogP contribution in [-0.2, 0) is 15.8 Å². The molecule has 3 rings (SSSR count). The molecule has 6 nitrogen and oxygen atoms in total. The maximum absolute atomic E-state index is 13.1. The van der Waals surface area contributed by atoms with Gasteiger partial charge in [-0.2, -0.15) is 13.2 Å². The molecule has 1 unspecified atom stereocenters. The Hall–Kier alpha value is -3.07. The van der Waals surface area contributed by atoms with Crippen LogP contribution < -0.4 is 10.1 Å². The Balaban J connectivity index is 1.47. The molecule has 1 aliphatic rings. The van der Waals surface area contributed by atoms with E-state index in [0.29, 0.717) is 37.8 Å². The van der Waals surface area contributed by atoms with Crippen molar-refractivity contribution in [1.29, 1.82) is 0 Å². The number of anilines is 1. The van der Waals surface area contributed by atoms with Crippen molar-refractivity contribution in [3.05, 3.63) is 59.7 Å². The van der Waals surface area contributed by atoms with Crippen molar-refractivity contribution >= 4 is 17.5 Å². The third kappa shape index (κ3) is 6.72. The fourth-order valence-electron chi connectivity index (χ4n) is 3.86. The van der Waals surface area contributed by atoms with Crippen molar-refractivity contribution in [2.75, 3.05) is 44.6 Å². The topological polar surface area (TPSA) is 61.9 Å². The van der Waals surface area contributed by atoms with E-state index in [1.54, 1.807) is 4.90 Å². The summed E-state index contributed by atoms with van der Waals surface area (Å²) in [6.07, 6.45) is -3.58. The minimum absolute atomic E-state index is 0.0486. The first kappa shape index (κ1) is 25.6. The highest BCUT2D eigenvalue weighted by Gasteiger charge is 2.33. The number of hydrogen-bond donors (Lipinski definition) is 1. The Bertz CT molecular complexity index is 989. The molecule has 184 valence electrons. The van der Waals surface area contributed by atoms with E-state index in [4.69, 9.17) is 4.74 Å². The van der Waals surface area contributed by atoms with E-state index in [9.17, 15) is 22.8 Å². The summed E-state index contributed by atoms with van der Waals surface area (Å²) < 4.78 is 45.2. The predicted octanol–water partition coefficient (Wildman–Crippen LogP) is 4.38. The summed E-state index contributed by atoms with van der Waals surface area (Å²) in [7, 11) is 0. The number of carbonyl (C=O) groups excluding carboxylic acids is 2. The molecule has 1 fully saturated rings. The van der Waals surface area contributed by atoms with Crippen LogP contribution in [0.1, 0.15) is 37.3 Å². The molecule has 0 spiro atoms. The lowest BCUT2D eigenvalue weighted by Gasteiger charge is -2.34. The van der Waals surface area contributed by atoms with Gasteiger partial charge in [0.1, 0.15) is 5.75 Å². The maximum Gasteiger partial charge on any atom is 0.418 e. The fourth-order valence-corrected chi connectivity index (χ4v) is 3.86. The molecule has 1 heterocycles. The summed E-state index contributed by atoms with van der Waals surface area (Å²) >= 11 is 0. The normalized spacial score (nSPS) is 15.6. The lowest BCUT2D eigenvalue weighted by molar-refractivity contribution is -0.137. The summed E-state index contributed by atoms with van der Waals surface area (Å²) in [5, 5.41) is 2.35. The zero-order valence-corrected chi connectivity index (χ0v) is 19.4. The van der Waals surface area contributed by atoms with E-state index in [1.165, 1.54) is 18.2 Å². The number of nitrogens with zero attached hydrogens (tertiary/aromatic N) is 2. The van der Waals surface area contributed by atoms with E-state index >= 15 is 0 Å². The van der Waals surface area contributed by atoms with Crippen LogP contribution in [0.3, 0.4) is 0 Å². The van der Waals surface area contributed by atoms with Gasteiger partial charge in [-0.3, -0.25) is 14.5 Å². The van der Waals surface area contributed by atoms with Crippen LogP contribution in [0.15, 0.2) is 48.5 Å². The minimum atomic E-state index is -4.55. The van der Waals surface area contributed by atoms with E-state index in [0.717, 1.165) is 18.1 Å². The van der Waals surface area contributed by atoms with E-state index in [1.807, 2.05) is 29.2 Å². The number of alkyl halides is 3. The number of ether oxygens (including phenoxy) is 1. The molecule has 0 saturated carbocycles. The maximum atomic E-state index is 13.1. The second kappa shape index (κ2) is 11.4. The number of halogens is 3. The van der Waals surface area contributed by atoms with Gasteiger partial charge in [-0.05, 0) is 36.1 Å². The number of piperazine rings is 1. The number of nitrogens with one attached hydrogen (secondary N) is 1. The van der Waals surface area contributed by atoms with Gasteiger partial charge in [0.25, 0.3) is 5.91 Å². The van der Waals surface area contributed by atoms with Gasteiger partial charge >= 0.3 is 6.18 Å². The second-order valence-corrected chi connectivity index (χ2v) is 8.38. The average Bonchev–Trinajstić information content (AvgIpc) is 2.82. The Morgan fingerprint density at radius 2 is 1.68 bits per heavy atom. The number of benzene rings is 2. The molecule has 1 aliphatic heterocycles. The first-order chi connectivity index (χ1) is 16.2. The van der Waals surface area contributed by atoms with Gasteiger partial charge in [0, 0.05) is 26.2 Å². The van der Waals surface area contributed by atoms with Crippen LogP contribution in [0.5, 0.6) is 5.75 Å². The van der Waals surface area contributed by atoms with E-state index in [2.05, 4.69) is 19.2 Å². The van der Waals surface area contributed by atoms with E-state index in [-0.39, 0.29) is 24.7 Å². The Labute approximate surface area is 197 Å². The lowest BCUT2D eigenvalue weighted by atomic mass is 9.98. The zero-order valence-electron chi connectivity index (χ0n) is 19.4. The Morgan fingerprint density at radius 3 is 2.35 bits per heavy atom. The summed E-state index contributed by atoms with van der Waals surface area (Å²) in [5.74, 6) is 0.368. The minimum Gasteiger partial charge on any atom is -0.483 e. The first-order valence-electron chi connectivity index (χ1n) is 11.4. The van der Waals surface area contributed by atoms with Crippen LogP contribution in [0, 0.1) is 0 Å². The highest BCUT2D eigenvalue weighted by molar-refractivity contribution is 5.93. The van der Waals surface area contributed by atoms with Crippen molar-refractivity contribution in [3.63, 3.8) is 0 Å². The van der Waals surface area contributed by atoms with Gasteiger partial charge in [-0.25, -0.2) is 0 Å². The quantitative estimate of drug-likeness (QED) is 0.613. The van der Waals surface area contributed by atoms with E-state index < -0.39 is 17.6 Å². The summed E-state index contributed by atoms with van der Waals surface area (Å²) in [6, 6.07) is 12.6. The van der Waals surface area contributed by atoms with Crippen LogP contribution in [-0.4, -0.2) is 60.9 Å². The zero-order chi connectivity index (χ0) is 24.7. The molecule has 1 saturated heterocycles. The molecule has 0 aromatic heterocycles. The molecule has 1 atom stereocenters. The molecular weight excluding hydrogens is 447 g/mol. The molecule has 0 radical (unpaired) electrons. The molecular formula is C25H30F3N3O3. The molecule has 0 bridgehead atoms. The van der Waals surface area contributed by atoms with Crippen molar-refractivity contribution in [2.24, 2.45) is 0 Å². The van der Waals surface area contributed by atoms with Gasteiger partial charge in [0.2, 0.25) is 5.91 Å². The smallest absolute Gasteiger partial charge is 0.418 e. The standard InChI is InChI=1S/C25H30F3N3O3/c1-3-18(2)19-8-4-7-11-22(19)34-17-24(33)31-14-12-30(13-15-31)16-23(32)29-21-10-6-5-9-20(21)25(26,27)28/h4-11,18H,3,12-17H2,1-2H3,(H,29,32). The van der Waals surface area contributed by atoms with Gasteiger partial charge in [-0.15, -0.1) is 0 Å². The summed E-state index contributed by atoms with van der Waals surface area (Å²) in [6.45, 7) is 5.83. The number of hydrogen-bond acceptors (Lipinski definition) is 4. The Kier molecular flexibility index (Phi) is 8.55. The van der Waals surface area contributed by atoms with Gasteiger partial charge in [0.15, 0.2) is 6.61 Å². The summed E-state index contributed by atoms with van der Waals surface area (Å²) in [5.41, 5.74) is -0.0713. The van der Waals surface area contributed by atoms with Crippen molar-refractivity contribution < 1.29 is 27.5 Å². The molecule has 9 heteroatoms. The van der Waals surface area contributed by atoms with Gasteiger partial charge in [-0.1, -0.05) is 44.2 Å². The van der Waals surface area contributed by atoms with Crippen LogP contribution >= 0.6 is 0 Å². The number of para-hydroxylation sites is 2. The molecule has 2 amide bonds. The third-order valence-corrected chi connectivity index (χ3v) is 6.01. The lowest BCUT2D eigenvalue weighted by Crippen LogP contribution is -2.51. The van der Waals surface area contributed by atoms with Crippen molar-refractivity contribution in [2.45, 2.75) is 32.4 Å². The Morgan fingerprint density at radius 1 is 1.03 bits per heavy atom. The molecule has 34 heavy (non-hydrogen) atoms. The highest BCUT2D eigenvalue weighted by atomic mass is 19.4. The predicted molar refractivity (Wildman–Crippen MR) is 124 cm³/mol. The first-order valence-corrected chi connectivity index (χ1v) is 11.4. The molecule has 2 aromatic rings. The van der Waals surface area contributed by atoms with Gasteiger partial charge in [0.05, 0.1) is 17.8 Å². The number of rotatable bonds is 8. The second-order valence-electron chi connectivity index (χ2n) is 8.38. The fraction of sp³-hybridized carbons (Fsp3) is 0.440. The molecule has 2 aromatic carbocycles. The average molecular weight is 478 g/mol. The summed E-state index contributed by atoms with van der Waals surface area (Å²) in [4.78, 5) is 28.4. The van der Waals surface area contributed by atoms with Crippen LogP contribution in [0.2, 0.25) is 0 Å².